The molecule has 3 heterocycles. The molecular weight excluding hydrogens is 298 g/mol. The average Bonchev–Trinajstić information content (AvgIpc) is 3.07. The fourth-order valence-electron chi connectivity index (χ4n) is 2.69. The number of pyridine rings is 2. The van der Waals surface area contributed by atoms with Crippen LogP contribution < -0.4 is 0 Å². The molecule has 1 aromatic carbocycles. The Bertz CT molecular complexity index is 955. The molecule has 0 saturated carbocycles. The highest BCUT2D eigenvalue weighted by Crippen LogP contribution is 2.20. The average molecular weight is 313 g/mol. The summed E-state index contributed by atoms with van der Waals surface area (Å²) in [6, 6.07) is 17.4. The zero-order valence-corrected chi connectivity index (χ0v) is 13.0. The maximum atomic E-state index is 12.2. The van der Waals surface area contributed by atoms with Crippen molar-refractivity contribution < 1.29 is 4.79 Å². The first-order chi connectivity index (χ1) is 11.8. The summed E-state index contributed by atoms with van der Waals surface area (Å²) in [7, 11) is 0. The van der Waals surface area contributed by atoms with Gasteiger partial charge in [0, 0.05) is 42.3 Å². The van der Waals surface area contributed by atoms with E-state index in [1.807, 2.05) is 59.3 Å². The van der Waals surface area contributed by atoms with Crippen LogP contribution in [0.2, 0.25) is 0 Å². The van der Waals surface area contributed by atoms with Crippen molar-refractivity contribution in [2.75, 3.05) is 0 Å². The molecule has 0 atom stereocenters. The lowest BCUT2D eigenvalue weighted by molar-refractivity contribution is 0.0993. The number of ketones is 1. The molecule has 0 fully saturated rings. The number of carbonyl (C=O) groups excluding carboxylic acids is 1. The van der Waals surface area contributed by atoms with Gasteiger partial charge in [-0.3, -0.25) is 9.78 Å². The number of Topliss-reactive ketones (excluding diaryl/α,β-unsaturated/α-hetero) is 1. The molecule has 4 heteroatoms. The Labute approximate surface area is 139 Å². The summed E-state index contributed by atoms with van der Waals surface area (Å²) in [4.78, 5) is 20.8. The molecule has 0 spiro atoms. The largest absolute Gasteiger partial charge is 0.306 e. The van der Waals surface area contributed by atoms with Crippen LogP contribution in [0.3, 0.4) is 0 Å². The van der Waals surface area contributed by atoms with Gasteiger partial charge in [0.2, 0.25) is 0 Å². The smallest absolute Gasteiger partial charge is 0.167 e. The Morgan fingerprint density at radius 1 is 0.958 bits per heavy atom. The van der Waals surface area contributed by atoms with Gasteiger partial charge in [-0.15, -0.1) is 0 Å². The zero-order chi connectivity index (χ0) is 16.4. The van der Waals surface area contributed by atoms with Crippen LogP contribution in [-0.2, 0) is 6.42 Å². The molecular formula is C20H15N3O. The van der Waals surface area contributed by atoms with Crippen LogP contribution in [0.15, 0.2) is 79.4 Å². The Kier molecular flexibility index (Phi) is 3.63. The van der Waals surface area contributed by atoms with Crippen LogP contribution in [0, 0.1) is 0 Å². The van der Waals surface area contributed by atoms with Gasteiger partial charge in [-0.2, -0.15) is 0 Å². The minimum Gasteiger partial charge on any atom is -0.306 e. The van der Waals surface area contributed by atoms with E-state index in [1.54, 1.807) is 24.5 Å². The summed E-state index contributed by atoms with van der Waals surface area (Å²) >= 11 is 0. The highest BCUT2D eigenvalue weighted by atomic mass is 16.1. The zero-order valence-electron chi connectivity index (χ0n) is 13.0. The lowest BCUT2D eigenvalue weighted by atomic mass is 10.0. The number of benzene rings is 1. The predicted molar refractivity (Wildman–Crippen MR) is 92.9 cm³/mol. The summed E-state index contributed by atoms with van der Waals surface area (Å²) in [6.45, 7) is 0. The molecule has 0 aliphatic rings. The summed E-state index contributed by atoms with van der Waals surface area (Å²) in [5.41, 5.74) is 4.57. The molecule has 0 aliphatic carbocycles. The number of imidazole rings is 1. The second-order valence-corrected chi connectivity index (χ2v) is 5.63. The van der Waals surface area contributed by atoms with Gasteiger partial charge in [-0.1, -0.05) is 30.3 Å². The van der Waals surface area contributed by atoms with E-state index in [-0.39, 0.29) is 5.78 Å². The first kappa shape index (κ1) is 14.3. The molecule has 4 rings (SSSR count). The molecule has 116 valence electrons. The topological polar surface area (TPSA) is 47.3 Å². The van der Waals surface area contributed by atoms with Crippen LogP contribution in [-0.4, -0.2) is 20.2 Å². The van der Waals surface area contributed by atoms with Gasteiger partial charge in [-0.25, -0.2) is 4.98 Å². The fraction of sp³-hybridized carbons (Fsp3) is 0.0500. The van der Waals surface area contributed by atoms with Crippen LogP contribution in [0.5, 0.6) is 0 Å². The van der Waals surface area contributed by atoms with E-state index < -0.39 is 0 Å². The Balaban J connectivity index is 1.55. The molecule has 4 nitrogen and oxygen atoms in total. The Hall–Kier alpha value is -3.27. The van der Waals surface area contributed by atoms with Gasteiger partial charge in [-0.05, 0) is 29.8 Å². The van der Waals surface area contributed by atoms with Gasteiger partial charge >= 0.3 is 0 Å². The number of aromatic nitrogens is 3. The Morgan fingerprint density at radius 2 is 1.75 bits per heavy atom. The molecule has 4 aromatic rings. The summed E-state index contributed by atoms with van der Waals surface area (Å²) in [6.07, 6.45) is 7.65. The van der Waals surface area contributed by atoms with Crippen molar-refractivity contribution in [3.8, 4) is 11.3 Å². The van der Waals surface area contributed by atoms with E-state index in [1.165, 1.54) is 0 Å². The van der Waals surface area contributed by atoms with Crippen LogP contribution >= 0.6 is 0 Å². The molecule has 0 unspecified atom stereocenters. The van der Waals surface area contributed by atoms with Crippen molar-refractivity contribution in [2.45, 2.75) is 6.42 Å². The first-order valence-electron chi connectivity index (χ1n) is 7.76. The Morgan fingerprint density at radius 3 is 2.50 bits per heavy atom. The van der Waals surface area contributed by atoms with Crippen molar-refractivity contribution in [1.29, 1.82) is 0 Å². The van der Waals surface area contributed by atoms with Gasteiger partial charge in [0.05, 0.1) is 5.69 Å². The number of hydrogen-bond acceptors (Lipinski definition) is 3. The molecule has 0 radical (unpaired) electrons. The van der Waals surface area contributed by atoms with E-state index in [2.05, 4.69) is 9.97 Å². The van der Waals surface area contributed by atoms with Gasteiger partial charge < -0.3 is 4.40 Å². The standard InChI is InChI=1S/C20H15N3O/c24-19(17-8-10-21-11-9-17)13-15-4-6-16(7-5-15)18-14-23-12-2-1-3-20(23)22-18/h1-12,14H,13H2. The predicted octanol–water partition coefficient (Wildman–Crippen LogP) is 3.82. The van der Waals surface area contributed by atoms with Gasteiger partial charge in [0.15, 0.2) is 5.78 Å². The third kappa shape index (κ3) is 2.82. The van der Waals surface area contributed by atoms with Crippen molar-refractivity contribution in [3.63, 3.8) is 0 Å². The third-order valence-electron chi connectivity index (χ3n) is 3.98. The molecule has 0 saturated heterocycles. The maximum absolute atomic E-state index is 12.2. The molecule has 0 aliphatic heterocycles. The monoisotopic (exact) mass is 313 g/mol. The van der Waals surface area contributed by atoms with Crippen LogP contribution in [0.25, 0.3) is 16.9 Å². The first-order valence-corrected chi connectivity index (χ1v) is 7.76. The van der Waals surface area contributed by atoms with Gasteiger partial charge in [0.1, 0.15) is 5.65 Å². The summed E-state index contributed by atoms with van der Waals surface area (Å²) in [5, 5.41) is 0. The van der Waals surface area contributed by atoms with E-state index in [9.17, 15) is 4.79 Å². The minimum absolute atomic E-state index is 0.0953. The maximum Gasteiger partial charge on any atom is 0.167 e. The van der Waals surface area contributed by atoms with E-state index in [0.717, 1.165) is 22.5 Å². The molecule has 0 amide bonds. The minimum atomic E-state index is 0.0953. The van der Waals surface area contributed by atoms with Gasteiger partial charge in [0.25, 0.3) is 0 Å². The van der Waals surface area contributed by atoms with E-state index >= 15 is 0 Å². The lowest BCUT2D eigenvalue weighted by Crippen LogP contribution is -2.03. The van der Waals surface area contributed by atoms with E-state index in [4.69, 9.17) is 0 Å². The van der Waals surface area contributed by atoms with Crippen molar-refractivity contribution in [2.24, 2.45) is 0 Å². The summed E-state index contributed by atoms with van der Waals surface area (Å²) < 4.78 is 2.00. The number of nitrogens with zero attached hydrogens (tertiary/aromatic N) is 3. The normalized spacial score (nSPS) is 10.8. The molecule has 24 heavy (non-hydrogen) atoms. The third-order valence-corrected chi connectivity index (χ3v) is 3.98. The van der Waals surface area contributed by atoms with Crippen LogP contribution in [0.4, 0.5) is 0 Å². The molecule has 0 bridgehead atoms. The fourth-order valence-corrected chi connectivity index (χ4v) is 2.69. The molecule has 0 N–H and O–H groups in total. The highest BCUT2D eigenvalue weighted by Gasteiger charge is 2.08. The summed E-state index contributed by atoms with van der Waals surface area (Å²) in [5.74, 6) is 0.0953. The van der Waals surface area contributed by atoms with Crippen molar-refractivity contribution in [3.05, 3.63) is 90.5 Å². The number of fused-ring (bicyclic) bond motifs is 1. The second kappa shape index (κ2) is 6.08. The molecule has 3 aromatic heterocycles. The number of carbonyl (C=O) groups is 1. The lowest BCUT2D eigenvalue weighted by Gasteiger charge is -2.03. The van der Waals surface area contributed by atoms with Crippen molar-refractivity contribution in [1.82, 2.24) is 14.4 Å². The second-order valence-electron chi connectivity index (χ2n) is 5.63. The number of hydrogen-bond donors (Lipinski definition) is 0. The van der Waals surface area contributed by atoms with Crippen molar-refractivity contribution >= 4 is 11.4 Å². The van der Waals surface area contributed by atoms with Crippen LogP contribution in [0.1, 0.15) is 15.9 Å². The number of rotatable bonds is 4. The quantitative estimate of drug-likeness (QED) is 0.538. The SMILES string of the molecule is O=C(Cc1ccc(-c2cn3ccccc3n2)cc1)c1ccncc1. The highest BCUT2D eigenvalue weighted by molar-refractivity contribution is 5.97. The van der Waals surface area contributed by atoms with E-state index in [0.29, 0.717) is 12.0 Å².